The topological polar surface area (TPSA) is 58.7 Å². The predicted octanol–water partition coefficient (Wildman–Crippen LogP) is 10.2. The maximum absolute atomic E-state index is 5.72. The zero-order valence-corrected chi connectivity index (χ0v) is 22.9. The lowest BCUT2D eigenvalue weighted by Gasteiger charge is -2.05. The first-order valence-electron chi connectivity index (χ1n) is 13.6. The Bertz CT molecular complexity index is 1630. The summed E-state index contributed by atoms with van der Waals surface area (Å²) >= 11 is 0. The van der Waals surface area contributed by atoms with Gasteiger partial charge in [-0.1, -0.05) is 67.4 Å². The van der Waals surface area contributed by atoms with Crippen LogP contribution in [0.2, 0.25) is 0 Å². The summed E-state index contributed by atoms with van der Waals surface area (Å²) < 4.78 is 5.72. The van der Waals surface area contributed by atoms with Crippen LogP contribution in [-0.4, -0.2) is 19.0 Å². The van der Waals surface area contributed by atoms with E-state index in [9.17, 15) is 0 Å². The summed E-state index contributed by atoms with van der Waals surface area (Å²) in [5.41, 5.74) is 6.63. The van der Waals surface area contributed by atoms with Crippen LogP contribution in [0.25, 0.3) is 10.8 Å². The average molecular weight is 525 g/mol. The third-order valence-corrected chi connectivity index (χ3v) is 6.44. The normalized spacial score (nSPS) is 11.8. The Morgan fingerprint density at radius 3 is 1.90 bits per heavy atom. The molecule has 0 fully saturated rings. The maximum Gasteiger partial charge on any atom is 0.119 e. The van der Waals surface area contributed by atoms with Crippen LogP contribution in [0.1, 0.15) is 36.5 Å². The van der Waals surface area contributed by atoms with Crippen LogP contribution in [0.15, 0.2) is 129 Å². The highest BCUT2D eigenvalue weighted by Gasteiger charge is 2.05. The molecule has 0 amide bonds. The fraction of sp³-hybridized carbons (Fsp3) is 0.143. The van der Waals surface area contributed by atoms with Gasteiger partial charge in [-0.15, -0.1) is 5.11 Å². The lowest BCUT2D eigenvalue weighted by Crippen LogP contribution is -1.96. The van der Waals surface area contributed by atoms with Crippen LogP contribution in [-0.2, 0) is 0 Å². The molecule has 0 saturated heterocycles. The molecule has 0 aliphatic heterocycles. The summed E-state index contributed by atoms with van der Waals surface area (Å²) in [6, 6.07) is 36.1. The molecule has 0 radical (unpaired) electrons. The van der Waals surface area contributed by atoms with E-state index in [1.807, 2.05) is 85.2 Å². The molecular formula is C35H32N4O. The van der Waals surface area contributed by atoms with Gasteiger partial charge in [0.2, 0.25) is 0 Å². The first-order chi connectivity index (χ1) is 19.7. The highest BCUT2D eigenvalue weighted by Crippen LogP contribution is 2.34. The Hall–Kier alpha value is -4.90. The number of unbranched alkanes of at least 4 members (excludes halogenated alkanes) is 1. The Labute approximate surface area is 235 Å². The van der Waals surface area contributed by atoms with Gasteiger partial charge in [-0.05, 0) is 85.1 Å². The van der Waals surface area contributed by atoms with E-state index in [1.54, 1.807) is 0 Å². The van der Waals surface area contributed by atoms with Crippen LogP contribution < -0.4 is 4.74 Å². The van der Waals surface area contributed by atoms with Gasteiger partial charge in [0.1, 0.15) is 5.75 Å². The first kappa shape index (κ1) is 26.7. The Morgan fingerprint density at radius 2 is 1.20 bits per heavy atom. The lowest BCUT2D eigenvalue weighted by molar-refractivity contribution is 0.309. The van der Waals surface area contributed by atoms with Crippen molar-refractivity contribution in [2.75, 3.05) is 6.61 Å². The standard InChI is InChI=1S/C35H32N4O/c1-3-4-23-40-31-19-13-28(14-20-31)24-36-29-15-17-30(18-16-29)38-39-35-22-21-34(32-7-5-6-8-33(32)35)37-25-27-11-9-26(2)10-12-27/h5-22,24-25H,3-4,23H2,1-2H3. The van der Waals surface area contributed by atoms with E-state index < -0.39 is 0 Å². The molecule has 5 nitrogen and oxygen atoms in total. The van der Waals surface area contributed by atoms with E-state index in [1.165, 1.54) is 5.56 Å². The number of ether oxygens (including phenoxy) is 1. The largest absolute Gasteiger partial charge is 0.494 e. The molecule has 5 rings (SSSR count). The third kappa shape index (κ3) is 7.14. The smallest absolute Gasteiger partial charge is 0.119 e. The maximum atomic E-state index is 5.72. The molecule has 40 heavy (non-hydrogen) atoms. The van der Waals surface area contributed by atoms with Crippen molar-refractivity contribution in [2.24, 2.45) is 20.2 Å². The van der Waals surface area contributed by atoms with Crippen molar-refractivity contribution in [2.45, 2.75) is 26.7 Å². The van der Waals surface area contributed by atoms with Crippen LogP contribution in [0.3, 0.4) is 0 Å². The average Bonchev–Trinajstić information content (AvgIpc) is 3.00. The summed E-state index contributed by atoms with van der Waals surface area (Å²) in [6.07, 6.45) is 5.93. The SMILES string of the molecule is CCCCOc1ccc(C=Nc2ccc(N=Nc3ccc(N=Cc4ccc(C)cc4)c4ccccc34)cc2)cc1. The van der Waals surface area contributed by atoms with Crippen LogP contribution in [0.4, 0.5) is 22.7 Å². The van der Waals surface area contributed by atoms with Gasteiger partial charge in [0.15, 0.2) is 0 Å². The van der Waals surface area contributed by atoms with Crippen molar-refractivity contribution in [1.82, 2.24) is 0 Å². The molecule has 5 aromatic rings. The van der Waals surface area contributed by atoms with Gasteiger partial charge < -0.3 is 4.74 Å². The molecule has 0 bridgehead atoms. The van der Waals surface area contributed by atoms with Gasteiger partial charge in [0.25, 0.3) is 0 Å². The Balaban J connectivity index is 1.26. The van der Waals surface area contributed by atoms with E-state index >= 15 is 0 Å². The van der Waals surface area contributed by atoms with Crippen molar-refractivity contribution >= 4 is 46.0 Å². The first-order valence-corrected chi connectivity index (χ1v) is 13.6. The van der Waals surface area contributed by atoms with Crippen molar-refractivity contribution < 1.29 is 4.74 Å². The molecule has 0 spiro atoms. The number of nitrogens with zero attached hydrogens (tertiary/aromatic N) is 4. The highest BCUT2D eigenvalue weighted by molar-refractivity contribution is 6.01. The van der Waals surface area contributed by atoms with E-state index in [0.29, 0.717) is 0 Å². The van der Waals surface area contributed by atoms with Crippen molar-refractivity contribution in [1.29, 1.82) is 0 Å². The summed E-state index contributed by atoms with van der Waals surface area (Å²) in [4.78, 5) is 9.33. The number of aryl methyl sites for hydroxylation is 1. The number of benzene rings is 5. The highest BCUT2D eigenvalue weighted by atomic mass is 16.5. The molecule has 0 saturated carbocycles. The second kappa shape index (κ2) is 13.3. The van der Waals surface area contributed by atoms with E-state index in [4.69, 9.17) is 9.73 Å². The van der Waals surface area contributed by atoms with Crippen LogP contribution in [0.5, 0.6) is 5.75 Å². The summed E-state index contributed by atoms with van der Waals surface area (Å²) in [7, 11) is 0. The van der Waals surface area contributed by atoms with Gasteiger partial charge >= 0.3 is 0 Å². The molecule has 0 aromatic heterocycles. The van der Waals surface area contributed by atoms with E-state index in [-0.39, 0.29) is 0 Å². The molecule has 0 unspecified atom stereocenters. The molecule has 0 aliphatic rings. The molecule has 0 atom stereocenters. The lowest BCUT2D eigenvalue weighted by atomic mass is 10.1. The molecule has 0 heterocycles. The quantitative estimate of drug-likeness (QED) is 0.102. The number of hydrogen-bond acceptors (Lipinski definition) is 5. The second-order valence-corrected chi connectivity index (χ2v) is 9.56. The molecule has 0 aliphatic carbocycles. The third-order valence-electron chi connectivity index (χ3n) is 6.44. The Morgan fingerprint density at radius 1 is 0.600 bits per heavy atom. The minimum absolute atomic E-state index is 0.748. The van der Waals surface area contributed by atoms with E-state index in [2.05, 4.69) is 65.5 Å². The molecule has 198 valence electrons. The minimum Gasteiger partial charge on any atom is -0.494 e. The molecular weight excluding hydrogens is 492 g/mol. The summed E-state index contributed by atoms with van der Waals surface area (Å²) in [5, 5.41) is 11.1. The molecule has 5 heteroatoms. The minimum atomic E-state index is 0.748. The van der Waals surface area contributed by atoms with Crippen LogP contribution in [0, 0.1) is 6.92 Å². The van der Waals surface area contributed by atoms with Gasteiger partial charge in [-0.25, -0.2) is 0 Å². The number of fused-ring (bicyclic) bond motifs is 1. The summed E-state index contributed by atoms with van der Waals surface area (Å²) in [5.74, 6) is 0.887. The van der Waals surface area contributed by atoms with Crippen molar-refractivity contribution in [3.05, 3.63) is 126 Å². The van der Waals surface area contributed by atoms with Gasteiger partial charge in [0, 0.05) is 23.2 Å². The van der Waals surface area contributed by atoms with Gasteiger partial charge in [-0.2, -0.15) is 5.11 Å². The second-order valence-electron chi connectivity index (χ2n) is 9.56. The monoisotopic (exact) mass is 524 g/mol. The molecule has 5 aromatic carbocycles. The van der Waals surface area contributed by atoms with Crippen LogP contribution >= 0.6 is 0 Å². The zero-order valence-electron chi connectivity index (χ0n) is 22.9. The van der Waals surface area contributed by atoms with Gasteiger partial charge in [-0.3, -0.25) is 9.98 Å². The number of aliphatic imine (C=N–C) groups is 2. The number of hydrogen-bond donors (Lipinski definition) is 0. The van der Waals surface area contributed by atoms with Crippen molar-refractivity contribution in [3.63, 3.8) is 0 Å². The fourth-order valence-corrected chi connectivity index (χ4v) is 4.11. The summed E-state index contributed by atoms with van der Waals surface area (Å²) in [6.45, 7) is 4.98. The molecule has 0 N–H and O–H groups in total. The Kier molecular flexibility index (Phi) is 8.84. The van der Waals surface area contributed by atoms with E-state index in [0.717, 1.165) is 69.8 Å². The fourth-order valence-electron chi connectivity index (χ4n) is 4.11. The number of rotatable bonds is 10. The van der Waals surface area contributed by atoms with Crippen molar-refractivity contribution in [3.8, 4) is 5.75 Å². The predicted molar refractivity (Wildman–Crippen MR) is 167 cm³/mol. The zero-order chi connectivity index (χ0) is 27.6. The van der Waals surface area contributed by atoms with Gasteiger partial charge in [0.05, 0.1) is 29.4 Å². The number of azo groups is 1.